The van der Waals surface area contributed by atoms with Crippen LogP contribution in [0, 0.1) is 0 Å². The normalized spacial score (nSPS) is 11.5. The van der Waals surface area contributed by atoms with E-state index in [9.17, 15) is 9.59 Å². The summed E-state index contributed by atoms with van der Waals surface area (Å²) < 4.78 is 5.28. The van der Waals surface area contributed by atoms with E-state index in [2.05, 4.69) is 5.32 Å². The molecule has 1 amide bonds. The van der Waals surface area contributed by atoms with Crippen LogP contribution >= 0.6 is 0 Å². The fraction of sp³-hybridized carbons (Fsp3) is 0.263. The van der Waals surface area contributed by atoms with E-state index in [1.54, 1.807) is 36.4 Å². The molecule has 1 atom stereocenters. The topological polar surface area (TPSA) is 55.4 Å². The third kappa shape index (κ3) is 4.95. The molecule has 0 aliphatic rings. The number of amides is 1. The first-order chi connectivity index (χ1) is 11.2. The van der Waals surface area contributed by atoms with Crippen molar-refractivity contribution in [1.82, 2.24) is 5.32 Å². The summed E-state index contributed by atoms with van der Waals surface area (Å²) in [5.74, 6) is -0.735. The Bertz CT molecular complexity index is 626. The third-order valence-electron chi connectivity index (χ3n) is 3.42. The number of esters is 1. The Morgan fingerprint density at radius 1 is 1.00 bits per heavy atom. The average Bonchev–Trinajstić information content (AvgIpc) is 2.61. The molecule has 0 bridgehead atoms. The van der Waals surface area contributed by atoms with Crippen LogP contribution in [0.5, 0.6) is 0 Å². The standard InChI is InChI=1S/C19H21NO3/c1-2-3-14-23-19(22)17(15-10-6-4-7-11-15)20-18(21)16-12-8-5-9-13-16/h4-13,17H,2-3,14H2,1H3,(H,20,21). The molecule has 0 aliphatic carbocycles. The number of carbonyl (C=O) groups is 2. The van der Waals surface area contributed by atoms with Crippen LogP contribution in [-0.2, 0) is 9.53 Å². The molecule has 1 unspecified atom stereocenters. The molecule has 0 aliphatic heterocycles. The highest BCUT2D eigenvalue weighted by Crippen LogP contribution is 2.16. The molecular formula is C19H21NO3. The van der Waals surface area contributed by atoms with E-state index in [1.165, 1.54) is 0 Å². The second kappa shape index (κ2) is 8.73. The minimum atomic E-state index is -0.805. The lowest BCUT2D eigenvalue weighted by molar-refractivity contribution is -0.146. The highest BCUT2D eigenvalue weighted by atomic mass is 16.5. The van der Waals surface area contributed by atoms with Gasteiger partial charge in [0.15, 0.2) is 6.04 Å². The van der Waals surface area contributed by atoms with Gasteiger partial charge >= 0.3 is 5.97 Å². The van der Waals surface area contributed by atoms with E-state index in [4.69, 9.17) is 4.74 Å². The maximum atomic E-state index is 12.3. The third-order valence-corrected chi connectivity index (χ3v) is 3.42. The Labute approximate surface area is 136 Å². The molecule has 0 spiro atoms. The number of hydrogen-bond donors (Lipinski definition) is 1. The van der Waals surface area contributed by atoms with Crippen LogP contribution in [-0.4, -0.2) is 18.5 Å². The molecule has 0 saturated heterocycles. The van der Waals surface area contributed by atoms with Gasteiger partial charge in [0.2, 0.25) is 0 Å². The first-order valence-corrected chi connectivity index (χ1v) is 7.80. The molecule has 4 nitrogen and oxygen atoms in total. The Morgan fingerprint density at radius 3 is 2.22 bits per heavy atom. The molecule has 2 rings (SSSR count). The van der Waals surface area contributed by atoms with E-state index in [-0.39, 0.29) is 5.91 Å². The molecular weight excluding hydrogens is 290 g/mol. The molecule has 2 aromatic rings. The summed E-state index contributed by atoms with van der Waals surface area (Å²) in [5.41, 5.74) is 1.22. The van der Waals surface area contributed by atoms with Gasteiger partial charge in [-0.1, -0.05) is 61.9 Å². The van der Waals surface area contributed by atoms with Crippen LogP contribution in [0.15, 0.2) is 60.7 Å². The second-order valence-corrected chi connectivity index (χ2v) is 5.20. The number of carbonyl (C=O) groups excluding carboxylic acids is 2. The van der Waals surface area contributed by atoms with Crippen LogP contribution in [0.25, 0.3) is 0 Å². The monoisotopic (exact) mass is 311 g/mol. The molecule has 2 aromatic carbocycles. The van der Waals surface area contributed by atoms with Gasteiger partial charge in [-0.2, -0.15) is 0 Å². The lowest BCUT2D eigenvalue weighted by atomic mass is 10.1. The van der Waals surface area contributed by atoms with Crippen molar-refractivity contribution < 1.29 is 14.3 Å². The van der Waals surface area contributed by atoms with E-state index < -0.39 is 12.0 Å². The molecule has 0 aromatic heterocycles. The van der Waals surface area contributed by atoms with Gasteiger partial charge in [0.05, 0.1) is 6.61 Å². The minimum absolute atomic E-state index is 0.299. The molecule has 0 radical (unpaired) electrons. The van der Waals surface area contributed by atoms with E-state index in [0.717, 1.165) is 12.8 Å². The second-order valence-electron chi connectivity index (χ2n) is 5.20. The predicted octanol–water partition coefficient (Wildman–Crippen LogP) is 3.50. The number of hydrogen-bond acceptors (Lipinski definition) is 3. The zero-order chi connectivity index (χ0) is 16.5. The number of rotatable bonds is 7. The van der Waals surface area contributed by atoms with Crippen molar-refractivity contribution in [2.45, 2.75) is 25.8 Å². The molecule has 0 saturated carbocycles. The van der Waals surface area contributed by atoms with E-state index >= 15 is 0 Å². The summed E-state index contributed by atoms with van der Waals surface area (Å²) in [7, 11) is 0. The van der Waals surface area contributed by atoms with Crippen molar-refractivity contribution >= 4 is 11.9 Å². The number of ether oxygens (including phenoxy) is 1. The molecule has 120 valence electrons. The smallest absolute Gasteiger partial charge is 0.333 e. The summed E-state index contributed by atoms with van der Waals surface area (Å²) in [6, 6.07) is 17.1. The van der Waals surface area contributed by atoms with E-state index in [0.29, 0.717) is 17.7 Å². The van der Waals surface area contributed by atoms with Crippen molar-refractivity contribution in [3.63, 3.8) is 0 Å². The number of nitrogens with one attached hydrogen (secondary N) is 1. The van der Waals surface area contributed by atoms with Crippen LogP contribution in [0.1, 0.15) is 41.7 Å². The van der Waals surface area contributed by atoms with Crippen LogP contribution < -0.4 is 5.32 Å². The largest absolute Gasteiger partial charge is 0.464 e. The number of benzene rings is 2. The van der Waals surface area contributed by atoms with Crippen molar-refractivity contribution in [3.05, 3.63) is 71.8 Å². The average molecular weight is 311 g/mol. The van der Waals surface area contributed by atoms with Gasteiger partial charge < -0.3 is 10.1 Å². The highest BCUT2D eigenvalue weighted by molar-refractivity contribution is 5.97. The lowest BCUT2D eigenvalue weighted by Crippen LogP contribution is -2.35. The quantitative estimate of drug-likeness (QED) is 0.629. The van der Waals surface area contributed by atoms with Crippen LogP contribution in [0.3, 0.4) is 0 Å². The van der Waals surface area contributed by atoms with Gasteiger partial charge in [0.1, 0.15) is 0 Å². The predicted molar refractivity (Wildman–Crippen MR) is 89.0 cm³/mol. The van der Waals surface area contributed by atoms with Gasteiger partial charge in [-0.3, -0.25) is 4.79 Å². The molecule has 23 heavy (non-hydrogen) atoms. The maximum absolute atomic E-state index is 12.3. The Balaban J connectivity index is 2.13. The summed E-state index contributed by atoms with van der Waals surface area (Å²) >= 11 is 0. The van der Waals surface area contributed by atoms with Crippen LogP contribution in [0.2, 0.25) is 0 Å². The number of unbranched alkanes of at least 4 members (excludes halogenated alkanes) is 1. The molecule has 1 N–H and O–H groups in total. The Hall–Kier alpha value is -2.62. The van der Waals surface area contributed by atoms with Gasteiger partial charge in [0.25, 0.3) is 5.91 Å². The van der Waals surface area contributed by atoms with Gasteiger partial charge in [-0.05, 0) is 24.1 Å². The maximum Gasteiger partial charge on any atom is 0.333 e. The SMILES string of the molecule is CCCCOC(=O)C(NC(=O)c1ccccc1)c1ccccc1. The zero-order valence-electron chi connectivity index (χ0n) is 13.2. The van der Waals surface area contributed by atoms with Crippen molar-refractivity contribution in [2.75, 3.05) is 6.61 Å². The highest BCUT2D eigenvalue weighted by Gasteiger charge is 2.24. The Kier molecular flexibility index (Phi) is 6.36. The summed E-state index contributed by atoms with van der Waals surface area (Å²) in [6.07, 6.45) is 1.75. The summed E-state index contributed by atoms with van der Waals surface area (Å²) in [4.78, 5) is 24.7. The van der Waals surface area contributed by atoms with Crippen molar-refractivity contribution in [1.29, 1.82) is 0 Å². The molecule has 0 heterocycles. The first kappa shape index (κ1) is 16.7. The van der Waals surface area contributed by atoms with Crippen LogP contribution in [0.4, 0.5) is 0 Å². The van der Waals surface area contributed by atoms with Gasteiger partial charge in [-0.15, -0.1) is 0 Å². The first-order valence-electron chi connectivity index (χ1n) is 7.80. The minimum Gasteiger partial charge on any atom is -0.464 e. The summed E-state index contributed by atoms with van der Waals surface area (Å²) in [5, 5.41) is 2.76. The van der Waals surface area contributed by atoms with Crippen molar-refractivity contribution in [2.24, 2.45) is 0 Å². The van der Waals surface area contributed by atoms with Gasteiger partial charge in [0, 0.05) is 5.56 Å². The fourth-order valence-electron chi connectivity index (χ4n) is 2.13. The summed E-state index contributed by atoms with van der Waals surface area (Å²) in [6.45, 7) is 2.39. The Morgan fingerprint density at radius 2 is 1.61 bits per heavy atom. The zero-order valence-corrected chi connectivity index (χ0v) is 13.2. The van der Waals surface area contributed by atoms with Gasteiger partial charge in [-0.25, -0.2) is 4.79 Å². The van der Waals surface area contributed by atoms with E-state index in [1.807, 2.05) is 31.2 Å². The lowest BCUT2D eigenvalue weighted by Gasteiger charge is -2.18. The van der Waals surface area contributed by atoms with Crippen molar-refractivity contribution in [3.8, 4) is 0 Å². The molecule has 0 fully saturated rings. The fourth-order valence-corrected chi connectivity index (χ4v) is 2.13. The molecule has 4 heteroatoms.